The summed E-state index contributed by atoms with van der Waals surface area (Å²) in [5.74, 6) is -0.229. The van der Waals surface area contributed by atoms with E-state index < -0.39 is 12.0 Å². The van der Waals surface area contributed by atoms with Gasteiger partial charge in [-0.1, -0.05) is 0 Å². The van der Waals surface area contributed by atoms with E-state index in [0.717, 1.165) is 0 Å². The maximum Gasteiger partial charge on any atom is 0.326 e. The van der Waals surface area contributed by atoms with Crippen LogP contribution < -0.4 is 9.47 Å². The van der Waals surface area contributed by atoms with E-state index in [4.69, 9.17) is 9.47 Å². The van der Waals surface area contributed by atoms with Crippen molar-refractivity contribution >= 4 is 11.9 Å². The topological polar surface area (TPSA) is 76.1 Å². The minimum atomic E-state index is -0.961. The number of hydrogen-bond donors (Lipinski definition) is 1. The van der Waals surface area contributed by atoms with Gasteiger partial charge >= 0.3 is 5.97 Å². The second kappa shape index (κ2) is 6.68. The second-order valence-corrected chi connectivity index (χ2v) is 5.53. The van der Waals surface area contributed by atoms with Gasteiger partial charge in [0.25, 0.3) is 5.91 Å². The molecule has 6 nitrogen and oxygen atoms in total. The van der Waals surface area contributed by atoms with E-state index in [1.54, 1.807) is 18.2 Å². The van der Waals surface area contributed by atoms with Crippen LogP contribution in [0.1, 0.15) is 37.0 Å². The van der Waals surface area contributed by atoms with E-state index in [9.17, 15) is 14.7 Å². The SMILES string of the molecule is COc1cc(C(=O)N2CCC[C@@H]2C(=O)O)ccc1OC(C)C. The van der Waals surface area contributed by atoms with Gasteiger partial charge in [0.2, 0.25) is 0 Å². The highest BCUT2D eigenvalue weighted by molar-refractivity contribution is 5.97. The first kappa shape index (κ1) is 16.1. The maximum absolute atomic E-state index is 12.5. The van der Waals surface area contributed by atoms with E-state index in [1.165, 1.54) is 12.0 Å². The summed E-state index contributed by atoms with van der Waals surface area (Å²) in [5.41, 5.74) is 0.404. The Labute approximate surface area is 129 Å². The predicted octanol–water partition coefficient (Wildman–Crippen LogP) is 2.17. The molecule has 0 aromatic heterocycles. The summed E-state index contributed by atoms with van der Waals surface area (Å²) in [4.78, 5) is 25.1. The zero-order valence-corrected chi connectivity index (χ0v) is 13.0. The van der Waals surface area contributed by atoms with Crippen molar-refractivity contribution in [2.24, 2.45) is 0 Å². The van der Waals surface area contributed by atoms with Crippen LogP contribution in [0.3, 0.4) is 0 Å². The fourth-order valence-corrected chi connectivity index (χ4v) is 2.58. The number of benzene rings is 1. The van der Waals surface area contributed by atoms with Crippen molar-refractivity contribution in [3.05, 3.63) is 23.8 Å². The third-order valence-corrected chi connectivity index (χ3v) is 3.57. The Morgan fingerprint density at radius 2 is 2.05 bits per heavy atom. The fourth-order valence-electron chi connectivity index (χ4n) is 2.58. The predicted molar refractivity (Wildman–Crippen MR) is 80.5 cm³/mol. The number of likely N-dealkylation sites (tertiary alicyclic amines) is 1. The molecule has 1 aliphatic heterocycles. The van der Waals surface area contributed by atoms with Crippen molar-refractivity contribution in [1.82, 2.24) is 4.90 Å². The number of carboxylic acid groups (broad SMARTS) is 1. The first-order valence-corrected chi connectivity index (χ1v) is 7.32. The molecule has 6 heteroatoms. The van der Waals surface area contributed by atoms with E-state index in [0.29, 0.717) is 36.4 Å². The van der Waals surface area contributed by atoms with Crippen LogP contribution in [0, 0.1) is 0 Å². The summed E-state index contributed by atoms with van der Waals surface area (Å²) in [7, 11) is 1.51. The quantitative estimate of drug-likeness (QED) is 0.902. The molecule has 1 aliphatic rings. The molecule has 1 aromatic carbocycles. The van der Waals surface area contributed by atoms with Crippen molar-refractivity contribution in [3.63, 3.8) is 0 Å². The Morgan fingerprint density at radius 3 is 2.64 bits per heavy atom. The molecule has 0 saturated carbocycles. The number of rotatable bonds is 5. The number of methoxy groups -OCH3 is 1. The largest absolute Gasteiger partial charge is 0.493 e. The summed E-state index contributed by atoms with van der Waals surface area (Å²) in [6.45, 7) is 4.27. The lowest BCUT2D eigenvalue weighted by molar-refractivity contribution is -0.141. The van der Waals surface area contributed by atoms with E-state index in [-0.39, 0.29) is 12.0 Å². The number of carbonyl (C=O) groups excluding carboxylic acids is 1. The molecule has 120 valence electrons. The van der Waals surface area contributed by atoms with Gasteiger partial charge < -0.3 is 19.5 Å². The molecule has 1 amide bonds. The average Bonchev–Trinajstić information content (AvgIpc) is 2.96. The smallest absolute Gasteiger partial charge is 0.326 e. The van der Waals surface area contributed by atoms with Gasteiger partial charge in [-0.15, -0.1) is 0 Å². The normalized spacial score (nSPS) is 17.6. The molecule has 1 atom stereocenters. The highest BCUT2D eigenvalue weighted by Gasteiger charge is 2.34. The molecule has 1 N–H and O–H groups in total. The minimum Gasteiger partial charge on any atom is -0.493 e. The van der Waals surface area contributed by atoms with Crippen molar-refractivity contribution in [1.29, 1.82) is 0 Å². The van der Waals surface area contributed by atoms with Gasteiger partial charge in [-0.25, -0.2) is 4.79 Å². The van der Waals surface area contributed by atoms with Crippen molar-refractivity contribution in [3.8, 4) is 11.5 Å². The Balaban J connectivity index is 2.25. The molecular formula is C16H21NO5. The number of ether oxygens (including phenoxy) is 2. The van der Waals surface area contributed by atoms with Gasteiger partial charge in [0.05, 0.1) is 13.2 Å². The zero-order valence-electron chi connectivity index (χ0n) is 13.0. The third kappa shape index (κ3) is 3.32. The molecule has 1 fully saturated rings. The molecule has 0 bridgehead atoms. The van der Waals surface area contributed by atoms with Crippen molar-refractivity contribution < 1.29 is 24.2 Å². The Bertz CT molecular complexity index is 570. The van der Waals surface area contributed by atoms with Crippen LogP contribution in [0.25, 0.3) is 0 Å². The summed E-state index contributed by atoms with van der Waals surface area (Å²) in [6, 6.07) is 4.17. The van der Waals surface area contributed by atoms with Crippen LogP contribution in [0.15, 0.2) is 18.2 Å². The van der Waals surface area contributed by atoms with Gasteiger partial charge in [0, 0.05) is 12.1 Å². The Hall–Kier alpha value is -2.24. The molecule has 0 aliphatic carbocycles. The highest BCUT2D eigenvalue weighted by Crippen LogP contribution is 2.30. The Kier molecular flexibility index (Phi) is 4.90. The van der Waals surface area contributed by atoms with E-state index in [1.807, 2.05) is 13.8 Å². The van der Waals surface area contributed by atoms with E-state index in [2.05, 4.69) is 0 Å². The van der Waals surface area contributed by atoms with E-state index >= 15 is 0 Å². The van der Waals surface area contributed by atoms with Gasteiger partial charge in [-0.3, -0.25) is 4.79 Å². The molecule has 0 unspecified atom stereocenters. The molecule has 22 heavy (non-hydrogen) atoms. The van der Waals surface area contributed by atoms with Crippen LogP contribution in [-0.2, 0) is 4.79 Å². The lowest BCUT2D eigenvalue weighted by Gasteiger charge is -2.22. The third-order valence-electron chi connectivity index (χ3n) is 3.57. The number of carboxylic acids is 1. The molecule has 1 saturated heterocycles. The minimum absolute atomic E-state index is 0.00887. The van der Waals surface area contributed by atoms with Crippen molar-refractivity contribution in [2.75, 3.05) is 13.7 Å². The van der Waals surface area contributed by atoms with Crippen LogP contribution >= 0.6 is 0 Å². The number of amides is 1. The maximum atomic E-state index is 12.5. The zero-order chi connectivity index (χ0) is 16.3. The van der Waals surface area contributed by atoms with Crippen LogP contribution in [0.2, 0.25) is 0 Å². The Morgan fingerprint density at radius 1 is 1.32 bits per heavy atom. The first-order valence-electron chi connectivity index (χ1n) is 7.32. The van der Waals surface area contributed by atoms with Crippen LogP contribution in [-0.4, -0.2) is 47.7 Å². The van der Waals surface area contributed by atoms with Crippen molar-refractivity contribution in [2.45, 2.75) is 38.8 Å². The van der Waals surface area contributed by atoms with Crippen LogP contribution in [0.4, 0.5) is 0 Å². The number of aliphatic carboxylic acids is 1. The first-order chi connectivity index (χ1) is 10.4. The molecule has 2 rings (SSSR count). The summed E-state index contributed by atoms with van der Waals surface area (Å²) in [5, 5.41) is 9.18. The van der Waals surface area contributed by atoms with Crippen LogP contribution in [0.5, 0.6) is 11.5 Å². The van der Waals surface area contributed by atoms with Gasteiger partial charge in [0.15, 0.2) is 11.5 Å². The fraction of sp³-hybridized carbons (Fsp3) is 0.500. The molecule has 0 radical (unpaired) electrons. The number of carbonyl (C=O) groups is 2. The summed E-state index contributed by atoms with van der Waals surface area (Å²) in [6.07, 6.45) is 1.19. The standard InChI is InChI=1S/C16H21NO5/c1-10(2)22-13-7-6-11(9-14(13)21-3)15(18)17-8-4-5-12(17)16(19)20/h6-7,9-10,12H,4-5,8H2,1-3H3,(H,19,20)/t12-/m1/s1. The summed E-state index contributed by atoms with van der Waals surface area (Å²) >= 11 is 0. The lowest BCUT2D eigenvalue weighted by Crippen LogP contribution is -2.40. The molecular weight excluding hydrogens is 286 g/mol. The van der Waals surface area contributed by atoms with Gasteiger partial charge in [-0.2, -0.15) is 0 Å². The second-order valence-electron chi connectivity index (χ2n) is 5.53. The average molecular weight is 307 g/mol. The highest BCUT2D eigenvalue weighted by atomic mass is 16.5. The van der Waals surface area contributed by atoms with Gasteiger partial charge in [-0.05, 0) is 44.9 Å². The molecule has 1 aromatic rings. The number of nitrogens with zero attached hydrogens (tertiary/aromatic N) is 1. The number of hydrogen-bond acceptors (Lipinski definition) is 4. The lowest BCUT2D eigenvalue weighted by atomic mass is 10.1. The monoisotopic (exact) mass is 307 g/mol. The summed E-state index contributed by atoms with van der Waals surface area (Å²) < 4.78 is 10.9. The molecule has 0 spiro atoms. The van der Waals surface area contributed by atoms with Gasteiger partial charge in [0.1, 0.15) is 6.04 Å². The molecule has 1 heterocycles.